The minimum absolute atomic E-state index is 0. The second-order valence-corrected chi connectivity index (χ2v) is 1.65. The van der Waals surface area contributed by atoms with E-state index < -0.39 is 0 Å². The average molecular weight is 261 g/mol. The Balaban J connectivity index is -0.0000000327. The minimum atomic E-state index is 0. The standard InChI is InChI=1S/C7H8.Al.4ClH/c1-7-5-3-2-4-6-7;;;;;/h2-6H,1H3;;4*1H/q;+3;;;;/p-4. The Morgan fingerprint density at radius 2 is 1.08 bits per heavy atom. The molecule has 0 fully saturated rings. The number of hydrogen-bond acceptors (Lipinski definition) is 0. The maximum absolute atomic E-state index is 2.08. The summed E-state index contributed by atoms with van der Waals surface area (Å²) in [4.78, 5) is 0. The molecule has 0 amide bonds. The second kappa shape index (κ2) is 17.9. The third-order valence-corrected chi connectivity index (χ3v) is 0.940. The Morgan fingerprint density at radius 1 is 0.750 bits per heavy atom. The van der Waals surface area contributed by atoms with Crippen molar-refractivity contribution in [1.29, 1.82) is 0 Å². The molecule has 5 heteroatoms. The van der Waals surface area contributed by atoms with Crippen molar-refractivity contribution >= 4 is 17.4 Å². The first kappa shape index (κ1) is 29.3. The second-order valence-electron chi connectivity index (χ2n) is 1.65. The summed E-state index contributed by atoms with van der Waals surface area (Å²) in [6, 6.07) is 10.3. The molecular weight excluding hydrogens is 253 g/mol. The Morgan fingerprint density at radius 3 is 1.25 bits per heavy atom. The molecule has 0 aromatic heterocycles. The molecule has 0 nitrogen and oxygen atoms in total. The van der Waals surface area contributed by atoms with Crippen LogP contribution in [0, 0.1) is 6.92 Å². The molecule has 0 spiro atoms. The first-order chi connectivity index (χ1) is 3.39. The number of halogens is 4. The smallest absolute Gasteiger partial charge is 1.00 e. The van der Waals surface area contributed by atoms with Crippen molar-refractivity contribution < 1.29 is 49.6 Å². The number of benzene rings is 1. The van der Waals surface area contributed by atoms with Crippen LogP contribution in [0.15, 0.2) is 30.3 Å². The summed E-state index contributed by atoms with van der Waals surface area (Å²) in [5, 5.41) is 0. The van der Waals surface area contributed by atoms with E-state index in [1.165, 1.54) is 5.56 Å². The van der Waals surface area contributed by atoms with E-state index in [0.717, 1.165) is 0 Å². The largest absolute Gasteiger partial charge is 3.00 e. The van der Waals surface area contributed by atoms with Gasteiger partial charge in [0, 0.05) is 0 Å². The van der Waals surface area contributed by atoms with Gasteiger partial charge in [0.2, 0.25) is 0 Å². The van der Waals surface area contributed by atoms with Gasteiger partial charge in [-0.3, -0.25) is 0 Å². The van der Waals surface area contributed by atoms with Crippen molar-refractivity contribution in [3.63, 3.8) is 0 Å². The van der Waals surface area contributed by atoms with E-state index >= 15 is 0 Å². The van der Waals surface area contributed by atoms with Gasteiger partial charge in [0.15, 0.2) is 0 Å². The van der Waals surface area contributed by atoms with Gasteiger partial charge in [0.05, 0.1) is 0 Å². The van der Waals surface area contributed by atoms with Crippen LogP contribution in [0.3, 0.4) is 0 Å². The Bertz CT molecular complexity index is 145. The van der Waals surface area contributed by atoms with Crippen LogP contribution in [0.4, 0.5) is 0 Å². The van der Waals surface area contributed by atoms with Crippen LogP contribution < -0.4 is 49.6 Å². The Labute approximate surface area is 109 Å². The molecule has 1 aromatic carbocycles. The average Bonchev–Trinajstić information content (AvgIpc) is 1.69. The monoisotopic (exact) mass is 259 g/mol. The van der Waals surface area contributed by atoms with Crippen molar-refractivity contribution in [1.82, 2.24) is 0 Å². The maximum Gasteiger partial charge on any atom is 3.00 e. The first-order valence-corrected chi connectivity index (χ1v) is 2.41. The van der Waals surface area contributed by atoms with E-state index in [2.05, 4.69) is 19.1 Å². The van der Waals surface area contributed by atoms with Crippen LogP contribution in [0.25, 0.3) is 0 Å². The van der Waals surface area contributed by atoms with Crippen LogP contribution in [0.2, 0.25) is 0 Å². The van der Waals surface area contributed by atoms with Gasteiger partial charge in [-0.2, -0.15) is 0 Å². The van der Waals surface area contributed by atoms with Gasteiger partial charge in [-0.25, -0.2) is 0 Å². The molecular formula is C7H8AlCl4-. The molecule has 1 rings (SSSR count). The van der Waals surface area contributed by atoms with Crippen LogP contribution >= 0.6 is 0 Å². The molecule has 0 saturated heterocycles. The summed E-state index contributed by atoms with van der Waals surface area (Å²) < 4.78 is 0. The van der Waals surface area contributed by atoms with Crippen LogP contribution in [0.5, 0.6) is 0 Å². The van der Waals surface area contributed by atoms with Crippen LogP contribution in [-0.2, 0) is 0 Å². The zero-order valence-corrected chi connectivity index (χ0v) is 10.7. The van der Waals surface area contributed by atoms with E-state index in [4.69, 9.17) is 0 Å². The number of rotatable bonds is 0. The van der Waals surface area contributed by atoms with Crippen molar-refractivity contribution in [3.05, 3.63) is 35.9 Å². The number of hydrogen-bond donors (Lipinski definition) is 0. The minimum Gasteiger partial charge on any atom is -1.00 e. The third-order valence-electron chi connectivity index (χ3n) is 0.940. The maximum atomic E-state index is 2.08. The molecule has 1 aromatic rings. The summed E-state index contributed by atoms with van der Waals surface area (Å²) in [6.07, 6.45) is 0. The molecule has 0 aliphatic carbocycles. The van der Waals surface area contributed by atoms with Crippen molar-refractivity contribution in [2.24, 2.45) is 0 Å². The summed E-state index contributed by atoms with van der Waals surface area (Å²) in [6.45, 7) is 2.08. The van der Waals surface area contributed by atoms with E-state index in [1.54, 1.807) is 0 Å². The summed E-state index contributed by atoms with van der Waals surface area (Å²) in [5.41, 5.74) is 1.32. The molecule has 0 bridgehead atoms. The quantitative estimate of drug-likeness (QED) is 0.407. The fourth-order valence-electron chi connectivity index (χ4n) is 0.534. The van der Waals surface area contributed by atoms with Crippen LogP contribution in [0.1, 0.15) is 5.56 Å². The van der Waals surface area contributed by atoms with Gasteiger partial charge in [-0.1, -0.05) is 35.9 Å². The summed E-state index contributed by atoms with van der Waals surface area (Å²) in [7, 11) is 0. The van der Waals surface area contributed by atoms with Gasteiger partial charge in [-0.15, -0.1) is 0 Å². The molecule has 0 heterocycles. The molecule has 0 unspecified atom stereocenters. The normalized spacial score (nSPS) is 5.08. The Kier molecular flexibility index (Phi) is 43.6. The van der Waals surface area contributed by atoms with E-state index in [-0.39, 0.29) is 67.0 Å². The van der Waals surface area contributed by atoms with Crippen LogP contribution in [-0.4, -0.2) is 17.4 Å². The molecule has 12 heavy (non-hydrogen) atoms. The van der Waals surface area contributed by atoms with Gasteiger partial charge in [0.1, 0.15) is 0 Å². The van der Waals surface area contributed by atoms with Gasteiger partial charge in [-0.05, 0) is 6.92 Å². The predicted octanol–water partition coefficient (Wildman–Crippen LogP) is -10.4. The summed E-state index contributed by atoms with van der Waals surface area (Å²) >= 11 is 0. The predicted molar refractivity (Wildman–Crippen MR) is 36.9 cm³/mol. The van der Waals surface area contributed by atoms with Gasteiger partial charge in [0.25, 0.3) is 0 Å². The molecule has 0 N–H and O–H groups in total. The topological polar surface area (TPSA) is 0 Å². The fraction of sp³-hybridized carbons (Fsp3) is 0.143. The van der Waals surface area contributed by atoms with E-state index in [9.17, 15) is 0 Å². The van der Waals surface area contributed by atoms with Crippen molar-refractivity contribution in [2.75, 3.05) is 0 Å². The zero-order valence-electron chi connectivity index (χ0n) is 6.48. The SMILES string of the molecule is Cc1ccccc1.[Al+3].[Cl-].[Cl-].[Cl-].[Cl-]. The Hall–Kier alpha value is 0.912. The number of aryl methyl sites for hydroxylation is 1. The zero-order chi connectivity index (χ0) is 5.11. The fourth-order valence-corrected chi connectivity index (χ4v) is 0.534. The molecule has 0 aliphatic rings. The van der Waals surface area contributed by atoms with E-state index in [1.807, 2.05) is 18.2 Å². The van der Waals surface area contributed by atoms with Crippen molar-refractivity contribution in [2.45, 2.75) is 6.92 Å². The molecule has 68 valence electrons. The third kappa shape index (κ3) is 13.5. The molecule has 0 aliphatic heterocycles. The molecule has 0 saturated carbocycles. The first-order valence-electron chi connectivity index (χ1n) is 2.41. The summed E-state index contributed by atoms with van der Waals surface area (Å²) in [5.74, 6) is 0. The molecule has 0 radical (unpaired) electrons. The van der Waals surface area contributed by atoms with Gasteiger partial charge >= 0.3 is 17.4 Å². The van der Waals surface area contributed by atoms with Crippen molar-refractivity contribution in [3.8, 4) is 0 Å². The van der Waals surface area contributed by atoms with Gasteiger partial charge < -0.3 is 49.6 Å². The molecule has 0 atom stereocenters. The van der Waals surface area contributed by atoms with E-state index in [0.29, 0.717) is 0 Å².